The lowest BCUT2D eigenvalue weighted by Gasteiger charge is -2.38. The van der Waals surface area contributed by atoms with E-state index in [0.717, 1.165) is 36.1 Å². The van der Waals surface area contributed by atoms with Gasteiger partial charge in [-0.3, -0.25) is 9.59 Å². The Morgan fingerprint density at radius 2 is 1.72 bits per heavy atom. The third-order valence-corrected chi connectivity index (χ3v) is 8.93. The molecule has 1 N–H and O–H groups in total. The highest BCUT2D eigenvalue weighted by Gasteiger charge is 2.43. The molecule has 2 unspecified atom stereocenters. The maximum atomic E-state index is 13.3. The van der Waals surface area contributed by atoms with Crippen molar-refractivity contribution in [2.45, 2.75) is 62.2 Å². The summed E-state index contributed by atoms with van der Waals surface area (Å²) in [6.07, 6.45) is 2.56. The van der Waals surface area contributed by atoms with Gasteiger partial charge in [0.15, 0.2) is 0 Å². The largest absolute Gasteiger partial charge is 0.342 e. The van der Waals surface area contributed by atoms with E-state index in [1.807, 2.05) is 77.1 Å². The third kappa shape index (κ3) is 4.96. The summed E-state index contributed by atoms with van der Waals surface area (Å²) in [6, 6.07) is 18.1. The number of benzene rings is 2. The van der Waals surface area contributed by atoms with E-state index in [-0.39, 0.29) is 48.4 Å². The number of hydrogen-bond donors (Lipinski definition) is 1. The minimum absolute atomic E-state index is 0. The van der Waals surface area contributed by atoms with Gasteiger partial charge in [0.2, 0.25) is 11.8 Å². The molecular weight excluding hydrogens is 472 g/mol. The number of likely N-dealkylation sites (tertiary alicyclic amines) is 1. The zero-order valence-electron chi connectivity index (χ0n) is 20.9. The van der Waals surface area contributed by atoms with Crippen LogP contribution in [-0.2, 0) is 16.0 Å². The summed E-state index contributed by atoms with van der Waals surface area (Å²) in [5, 5.41) is 2.62. The van der Waals surface area contributed by atoms with Crippen LogP contribution in [0.1, 0.15) is 51.0 Å². The summed E-state index contributed by atoms with van der Waals surface area (Å²) < 4.78 is 0. The number of rotatable bonds is 5. The first kappa shape index (κ1) is 24.7. The van der Waals surface area contributed by atoms with Gasteiger partial charge in [0.25, 0.3) is 0 Å². The Balaban J connectivity index is 0.00000320. The number of thioether (sulfide) groups is 1. The molecule has 8 heteroatoms. The molecule has 2 aromatic carbocycles. The van der Waals surface area contributed by atoms with Gasteiger partial charge in [-0.05, 0) is 50.3 Å². The number of amides is 4. The number of urea groups is 1. The first-order valence-corrected chi connectivity index (χ1v) is 13.8. The molecule has 192 valence electrons. The molecule has 0 aromatic heterocycles. The van der Waals surface area contributed by atoms with Crippen LogP contribution in [0.25, 0.3) is 0 Å². The number of carbonyl (C=O) groups is 3. The second-order valence-corrected chi connectivity index (χ2v) is 11.4. The van der Waals surface area contributed by atoms with Crippen molar-refractivity contribution >= 4 is 35.3 Å². The molecular formula is C28H36N4O3S. The number of nitrogens with zero attached hydrogens (tertiary/aromatic N) is 3. The highest BCUT2D eigenvalue weighted by molar-refractivity contribution is 8.01. The fraction of sp³-hybridized carbons (Fsp3) is 0.464. The minimum Gasteiger partial charge on any atom is -0.342 e. The van der Waals surface area contributed by atoms with Gasteiger partial charge < -0.3 is 20.0 Å². The maximum absolute atomic E-state index is 13.3. The quantitative estimate of drug-likeness (QED) is 0.632. The van der Waals surface area contributed by atoms with Crippen LogP contribution in [0, 0.1) is 0 Å². The molecule has 7 nitrogen and oxygen atoms in total. The van der Waals surface area contributed by atoms with E-state index in [1.54, 1.807) is 11.8 Å². The van der Waals surface area contributed by atoms with Crippen molar-refractivity contribution in [2.75, 3.05) is 25.0 Å². The Kier molecular flexibility index (Phi) is 7.23. The number of piperidine rings is 1. The monoisotopic (exact) mass is 508 g/mol. The Hall–Kier alpha value is -3.00. The molecule has 3 heterocycles. The van der Waals surface area contributed by atoms with Crippen LogP contribution in [0.5, 0.6) is 0 Å². The van der Waals surface area contributed by atoms with Crippen molar-refractivity contribution in [2.24, 2.45) is 0 Å². The number of fused-ring (bicyclic) bond motifs is 1. The summed E-state index contributed by atoms with van der Waals surface area (Å²) in [5.74, 6) is 0.0809. The van der Waals surface area contributed by atoms with Gasteiger partial charge in [0.05, 0.1) is 5.25 Å². The molecule has 0 spiro atoms. The van der Waals surface area contributed by atoms with Gasteiger partial charge in [-0.25, -0.2) is 4.79 Å². The Bertz CT molecular complexity index is 1120. The Morgan fingerprint density at radius 3 is 2.44 bits per heavy atom. The van der Waals surface area contributed by atoms with E-state index in [9.17, 15) is 14.4 Å². The molecule has 3 aliphatic rings. The van der Waals surface area contributed by atoms with Crippen LogP contribution in [0.4, 0.5) is 10.5 Å². The summed E-state index contributed by atoms with van der Waals surface area (Å²) in [7, 11) is 0. The van der Waals surface area contributed by atoms with Crippen molar-refractivity contribution in [1.29, 1.82) is 0 Å². The topological polar surface area (TPSA) is 73.0 Å². The van der Waals surface area contributed by atoms with E-state index in [2.05, 4.69) is 11.4 Å². The van der Waals surface area contributed by atoms with Crippen molar-refractivity contribution in [3.8, 4) is 0 Å². The number of hydrogen-bond acceptors (Lipinski definition) is 4. The fourth-order valence-electron chi connectivity index (χ4n) is 5.53. The van der Waals surface area contributed by atoms with Gasteiger partial charge >= 0.3 is 6.03 Å². The van der Waals surface area contributed by atoms with Gasteiger partial charge in [0.1, 0.15) is 5.37 Å². The summed E-state index contributed by atoms with van der Waals surface area (Å²) in [5.41, 5.74) is 3.14. The molecule has 3 aliphatic heterocycles. The number of anilines is 1. The fourth-order valence-corrected chi connectivity index (χ4v) is 7.11. The van der Waals surface area contributed by atoms with E-state index < -0.39 is 0 Å². The normalized spacial score (nSPS) is 23.0. The highest BCUT2D eigenvalue weighted by Crippen LogP contribution is 2.45. The molecule has 2 aromatic rings. The second-order valence-electron chi connectivity index (χ2n) is 10.1. The molecule has 36 heavy (non-hydrogen) atoms. The molecule has 0 radical (unpaired) electrons. The third-order valence-electron chi connectivity index (χ3n) is 7.48. The second kappa shape index (κ2) is 10.5. The molecule has 0 bridgehead atoms. The summed E-state index contributed by atoms with van der Waals surface area (Å²) in [6.45, 7) is 5.96. The van der Waals surface area contributed by atoms with Gasteiger partial charge in [-0.1, -0.05) is 48.5 Å². The van der Waals surface area contributed by atoms with Crippen molar-refractivity contribution in [3.05, 3.63) is 65.7 Å². The molecule has 2 saturated heterocycles. The highest BCUT2D eigenvalue weighted by atomic mass is 32.2. The lowest BCUT2D eigenvalue weighted by Crippen LogP contribution is -2.50. The number of para-hydroxylation sites is 1. The number of nitrogens with one attached hydrogen (secondary N) is 1. The molecule has 4 amide bonds. The van der Waals surface area contributed by atoms with E-state index in [0.29, 0.717) is 19.6 Å². The lowest BCUT2D eigenvalue weighted by atomic mass is 10.0. The molecule has 5 rings (SSSR count). The first-order chi connectivity index (χ1) is 17.4. The van der Waals surface area contributed by atoms with Crippen LogP contribution in [0.3, 0.4) is 0 Å². The zero-order chi connectivity index (χ0) is 25.2. The molecule has 2 atom stereocenters. The van der Waals surface area contributed by atoms with E-state index >= 15 is 0 Å². The maximum Gasteiger partial charge on any atom is 0.322 e. The predicted molar refractivity (Wildman–Crippen MR) is 145 cm³/mol. The van der Waals surface area contributed by atoms with Crippen molar-refractivity contribution in [1.82, 2.24) is 14.7 Å². The molecule has 0 saturated carbocycles. The zero-order valence-corrected chi connectivity index (χ0v) is 21.7. The Morgan fingerprint density at radius 1 is 1.03 bits per heavy atom. The molecule has 0 aliphatic carbocycles. The van der Waals surface area contributed by atoms with E-state index in [4.69, 9.17) is 0 Å². The average molecular weight is 509 g/mol. The van der Waals surface area contributed by atoms with Gasteiger partial charge in [-0.15, -0.1) is 11.8 Å². The van der Waals surface area contributed by atoms with Crippen LogP contribution in [-0.4, -0.2) is 69.5 Å². The summed E-state index contributed by atoms with van der Waals surface area (Å²) >= 11 is 1.59. The SMILES string of the molecule is CC(C)N1C(=O)C(CC(=O)N2CCC(N3CCc4ccccc4NC3=O)CC2)SC1c1ccccc1.[HH]. The van der Waals surface area contributed by atoms with Crippen molar-refractivity contribution < 1.29 is 15.8 Å². The van der Waals surface area contributed by atoms with E-state index in [1.165, 1.54) is 0 Å². The van der Waals surface area contributed by atoms with Gasteiger partial charge in [0, 0.05) is 45.3 Å². The standard InChI is InChI=1S/C28H34N4O3S.H2/c1-19(2)32-26(34)24(36-27(32)21-9-4-3-5-10-21)18-25(33)30-15-13-22(14-16-30)31-17-12-20-8-6-7-11-23(20)29-28(31)35;/h3-11,19,22,24,27H,12-18H2,1-2H3,(H,29,35);1H. The first-order valence-electron chi connectivity index (χ1n) is 12.9. The van der Waals surface area contributed by atoms with Crippen LogP contribution in [0.15, 0.2) is 54.6 Å². The van der Waals surface area contributed by atoms with Crippen LogP contribution >= 0.6 is 11.8 Å². The Labute approximate surface area is 218 Å². The smallest absolute Gasteiger partial charge is 0.322 e. The van der Waals surface area contributed by atoms with Crippen LogP contribution in [0.2, 0.25) is 0 Å². The minimum atomic E-state index is -0.363. The molecule has 2 fully saturated rings. The number of carbonyl (C=O) groups excluding carboxylic acids is 3. The van der Waals surface area contributed by atoms with Crippen LogP contribution < -0.4 is 5.32 Å². The predicted octanol–water partition coefficient (Wildman–Crippen LogP) is 4.75. The average Bonchev–Trinajstić information content (AvgIpc) is 3.11. The summed E-state index contributed by atoms with van der Waals surface area (Å²) in [4.78, 5) is 45.1. The van der Waals surface area contributed by atoms with Gasteiger partial charge in [-0.2, -0.15) is 0 Å². The van der Waals surface area contributed by atoms with Crippen molar-refractivity contribution in [3.63, 3.8) is 0 Å². The lowest BCUT2D eigenvalue weighted by molar-refractivity contribution is -0.137.